The van der Waals surface area contributed by atoms with E-state index in [0.717, 1.165) is 4.90 Å². The molecule has 0 aromatic heterocycles. The quantitative estimate of drug-likeness (QED) is 0.292. The summed E-state index contributed by atoms with van der Waals surface area (Å²) in [5.41, 5.74) is 3.69. The number of fused-ring (bicyclic) bond motifs is 2. The predicted octanol–water partition coefficient (Wildman–Crippen LogP) is -0.948. The lowest BCUT2D eigenvalue weighted by Gasteiger charge is -2.29. The summed E-state index contributed by atoms with van der Waals surface area (Å²) in [5, 5.41) is 2.91. The van der Waals surface area contributed by atoms with Gasteiger partial charge in [-0.25, -0.2) is 9.59 Å². The van der Waals surface area contributed by atoms with Gasteiger partial charge in [0, 0.05) is 19.5 Å². The minimum absolute atomic E-state index is 0.0196. The van der Waals surface area contributed by atoms with E-state index in [1.165, 1.54) is 0 Å². The van der Waals surface area contributed by atoms with Crippen molar-refractivity contribution < 1.29 is 41.2 Å². The van der Waals surface area contributed by atoms with Gasteiger partial charge in [0.2, 0.25) is 5.91 Å². The Hall–Kier alpha value is -2.65. The number of nitrogens with one attached hydrogen (secondary N) is 3. The maximum absolute atomic E-state index is 12.3. The van der Waals surface area contributed by atoms with Crippen LogP contribution in [0.25, 0.3) is 0 Å². The van der Waals surface area contributed by atoms with Crippen LogP contribution in [0, 0.1) is 0 Å². The summed E-state index contributed by atoms with van der Waals surface area (Å²) in [6.45, 7) is 5.10. The normalized spacial score (nSPS) is 21.3. The number of rotatable bonds is 6. The molecule has 170 valence electrons. The summed E-state index contributed by atoms with van der Waals surface area (Å²) in [4.78, 5) is 49.0. The zero-order chi connectivity index (χ0) is 22.7. The molecule has 4 N–H and O–H groups in total. The Morgan fingerprint density at radius 1 is 1.20 bits per heavy atom. The van der Waals surface area contributed by atoms with Crippen LogP contribution < -0.4 is 16.2 Å². The van der Waals surface area contributed by atoms with Crippen LogP contribution in [-0.4, -0.2) is 77.6 Å². The fourth-order valence-electron chi connectivity index (χ4n) is 2.97. The van der Waals surface area contributed by atoms with Crippen molar-refractivity contribution in [3.63, 3.8) is 0 Å². The van der Waals surface area contributed by atoms with Crippen LogP contribution in [0.2, 0.25) is 0 Å². The minimum atomic E-state index is -4.88. The van der Waals surface area contributed by atoms with Crippen molar-refractivity contribution in [2.24, 2.45) is 0 Å². The van der Waals surface area contributed by atoms with Gasteiger partial charge in [0.25, 0.3) is 5.91 Å². The Bertz CT molecular complexity index is 810. The van der Waals surface area contributed by atoms with Gasteiger partial charge in [0.1, 0.15) is 11.6 Å². The van der Waals surface area contributed by atoms with Gasteiger partial charge >= 0.3 is 22.5 Å². The Kier molecular flexibility index (Phi) is 7.10. The molecule has 14 nitrogen and oxygen atoms in total. The first-order valence-corrected chi connectivity index (χ1v) is 10.5. The fraction of sp³-hybridized carbons (Fsp3) is 0.733. The monoisotopic (exact) mass is 451 g/mol. The molecule has 0 aliphatic carbocycles. The largest absolute Gasteiger partial charge is 0.444 e. The lowest BCUT2D eigenvalue weighted by molar-refractivity contribution is -0.131. The van der Waals surface area contributed by atoms with Gasteiger partial charge in [0.15, 0.2) is 0 Å². The highest BCUT2D eigenvalue weighted by Gasteiger charge is 2.49. The molecule has 15 heteroatoms. The van der Waals surface area contributed by atoms with Crippen molar-refractivity contribution in [1.82, 2.24) is 26.1 Å². The van der Waals surface area contributed by atoms with Crippen LogP contribution in [-0.2, 0) is 29.0 Å². The number of nitrogens with zero attached hydrogens (tertiary/aromatic N) is 2. The van der Waals surface area contributed by atoms with E-state index in [0.29, 0.717) is 5.06 Å². The number of amides is 5. The Labute approximate surface area is 173 Å². The van der Waals surface area contributed by atoms with E-state index in [9.17, 15) is 27.6 Å². The topological polar surface area (TPSA) is 184 Å². The Morgan fingerprint density at radius 3 is 2.47 bits per heavy atom. The predicted molar refractivity (Wildman–Crippen MR) is 98.5 cm³/mol. The van der Waals surface area contributed by atoms with Crippen LogP contribution in [0.3, 0.4) is 0 Å². The van der Waals surface area contributed by atoms with Gasteiger partial charge < -0.3 is 15.0 Å². The third-order valence-electron chi connectivity index (χ3n) is 4.15. The van der Waals surface area contributed by atoms with Gasteiger partial charge in [-0.1, -0.05) is 0 Å². The van der Waals surface area contributed by atoms with Crippen molar-refractivity contribution in [3.8, 4) is 0 Å². The molecule has 0 spiro atoms. The molecule has 2 atom stereocenters. The molecule has 2 fully saturated rings. The van der Waals surface area contributed by atoms with Crippen LogP contribution >= 0.6 is 0 Å². The first kappa shape index (κ1) is 23.6. The summed E-state index contributed by atoms with van der Waals surface area (Å²) in [5.74, 6) is -1.26. The van der Waals surface area contributed by atoms with E-state index in [-0.39, 0.29) is 32.4 Å². The van der Waals surface area contributed by atoms with Gasteiger partial charge in [-0.3, -0.25) is 25.0 Å². The molecule has 0 unspecified atom stereocenters. The Balaban J connectivity index is 1.77. The first-order valence-electron chi connectivity index (χ1n) is 9.09. The molecule has 0 aromatic rings. The van der Waals surface area contributed by atoms with E-state index in [4.69, 9.17) is 9.29 Å². The number of hydroxylamine groups is 2. The van der Waals surface area contributed by atoms with E-state index < -0.39 is 52.0 Å². The number of carbonyl (C=O) groups is 4. The summed E-state index contributed by atoms with van der Waals surface area (Å²) < 4.78 is 39.8. The van der Waals surface area contributed by atoms with Crippen molar-refractivity contribution >= 4 is 34.3 Å². The number of ether oxygens (including phenoxy) is 1. The number of alkyl carbamates (subject to hydrolysis) is 1. The molecule has 0 saturated carbocycles. The highest BCUT2D eigenvalue weighted by Crippen LogP contribution is 2.30. The molecule has 2 bridgehead atoms. The number of piperidine rings is 1. The molecule has 0 radical (unpaired) electrons. The average molecular weight is 451 g/mol. The standard InChI is InChI=1S/C15H25N5O9S/c1-15(2,3)28-13(23)16-7-6-11(21)17-18-12(22)10-5-4-9-8-19(10)14(24)20(9)29-30(25,26)27/h9-10H,4-8H2,1-3H3,(H,16,23)(H,17,21)(H,18,22)(H,25,26,27)/t9-,10+/m1/s1. The number of hydrazine groups is 1. The van der Waals surface area contributed by atoms with E-state index in [1.807, 2.05) is 0 Å². The SMILES string of the molecule is CC(C)(C)OC(=O)NCCC(=O)NNC(=O)[C@@H]1CC[C@@H]2CN1C(=O)N2OS(=O)(=O)O. The van der Waals surface area contributed by atoms with E-state index in [2.05, 4.69) is 20.5 Å². The lowest BCUT2D eigenvalue weighted by atomic mass is 10.0. The van der Waals surface area contributed by atoms with Gasteiger partial charge in [-0.15, -0.1) is 4.28 Å². The van der Waals surface area contributed by atoms with Crippen LogP contribution in [0.4, 0.5) is 9.59 Å². The summed E-state index contributed by atoms with van der Waals surface area (Å²) in [6, 6.07) is -2.47. The molecule has 2 rings (SSSR count). The molecule has 30 heavy (non-hydrogen) atoms. The average Bonchev–Trinajstić information content (AvgIpc) is 2.82. The lowest BCUT2D eigenvalue weighted by Crippen LogP contribution is -2.54. The summed E-state index contributed by atoms with van der Waals surface area (Å²) in [7, 11) is -4.88. The second-order valence-electron chi connectivity index (χ2n) is 7.73. The second kappa shape index (κ2) is 9.01. The molecular weight excluding hydrogens is 426 g/mol. The molecule has 2 aliphatic rings. The summed E-state index contributed by atoms with van der Waals surface area (Å²) in [6.07, 6.45) is -0.363. The fourth-order valence-corrected chi connectivity index (χ4v) is 3.36. The third-order valence-corrected chi connectivity index (χ3v) is 4.49. The van der Waals surface area contributed by atoms with Crippen molar-refractivity contribution in [3.05, 3.63) is 0 Å². The summed E-state index contributed by atoms with van der Waals surface area (Å²) >= 11 is 0. The van der Waals surface area contributed by atoms with Crippen molar-refractivity contribution in [2.45, 2.75) is 57.7 Å². The van der Waals surface area contributed by atoms with Crippen molar-refractivity contribution in [2.75, 3.05) is 13.1 Å². The maximum atomic E-state index is 12.3. The zero-order valence-electron chi connectivity index (χ0n) is 16.7. The molecule has 5 amide bonds. The van der Waals surface area contributed by atoms with Gasteiger partial charge in [-0.05, 0) is 33.6 Å². The van der Waals surface area contributed by atoms with Crippen LogP contribution in [0.15, 0.2) is 0 Å². The molecule has 0 aromatic carbocycles. The number of carbonyl (C=O) groups excluding carboxylic acids is 4. The zero-order valence-corrected chi connectivity index (χ0v) is 17.5. The van der Waals surface area contributed by atoms with E-state index in [1.54, 1.807) is 20.8 Å². The number of hydrogen-bond acceptors (Lipinski definition) is 8. The molecule has 2 aliphatic heterocycles. The van der Waals surface area contributed by atoms with Crippen LogP contribution in [0.1, 0.15) is 40.0 Å². The highest BCUT2D eigenvalue weighted by atomic mass is 32.3. The Morgan fingerprint density at radius 2 is 1.87 bits per heavy atom. The second-order valence-corrected chi connectivity index (χ2v) is 8.73. The third kappa shape index (κ3) is 6.70. The smallest absolute Gasteiger partial charge is 0.418 e. The van der Waals surface area contributed by atoms with E-state index >= 15 is 0 Å². The minimum Gasteiger partial charge on any atom is -0.444 e. The van der Waals surface area contributed by atoms with Crippen LogP contribution in [0.5, 0.6) is 0 Å². The molecular formula is C15H25N5O9S. The maximum Gasteiger partial charge on any atom is 0.418 e. The van der Waals surface area contributed by atoms with Crippen molar-refractivity contribution in [1.29, 1.82) is 0 Å². The highest BCUT2D eigenvalue weighted by molar-refractivity contribution is 7.80. The molecule has 2 saturated heterocycles. The molecule has 2 heterocycles. The number of urea groups is 1. The number of hydrogen-bond donors (Lipinski definition) is 4. The van der Waals surface area contributed by atoms with Gasteiger partial charge in [0.05, 0.1) is 6.04 Å². The van der Waals surface area contributed by atoms with Gasteiger partial charge in [-0.2, -0.15) is 13.5 Å². The first-order chi connectivity index (χ1) is 13.8.